The molecule has 0 atom stereocenters. The first kappa shape index (κ1) is 13.4. The number of oxime groups is 1. The van der Waals surface area contributed by atoms with Gasteiger partial charge in [-0.25, -0.2) is 0 Å². The molecule has 1 aliphatic rings. The summed E-state index contributed by atoms with van der Waals surface area (Å²) in [6, 6.07) is 6.44. The van der Waals surface area contributed by atoms with Crippen molar-refractivity contribution in [3.63, 3.8) is 0 Å². The number of hydrogen-bond donors (Lipinski definition) is 0. The maximum Gasteiger partial charge on any atom is 0.106 e. The molecule has 0 N–H and O–H groups in total. The van der Waals surface area contributed by atoms with Crippen molar-refractivity contribution >= 4 is 17.5 Å². The minimum atomic E-state index is 0.987. The van der Waals surface area contributed by atoms with Gasteiger partial charge in [-0.2, -0.15) is 0 Å². The van der Waals surface area contributed by atoms with Crippen molar-refractivity contribution in [2.24, 2.45) is 5.16 Å². The van der Waals surface area contributed by atoms with Crippen LogP contribution in [0.25, 0.3) is 5.57 Å². The fourth-order valence-corrected chi connectivity index (χ4v) is 2.26. The first-order chi connectivity index (χ1) is 9.13. The molecule has 3 nitrogen and oxygen atoms in total. The SMILES string of the molecule is CON=Cc1cc(N(C)C)ccc1C1=C(C)C=CC1. The molecule has 0 saturated heterocycles. The summed E-state index contributed by atoms with van der Waals surface area (Å²) < 4.78 is 0. The lowest BCUT2D eigenvalue weighted by molar-refractivity contribution is 0.215. The summed E-state index contributed by atoms with van der Waals surface area (Å²) in [6.45, 7) is 2.15. The Morgan fingerprint density at radius 3 is 2.68 bits per heavy atom. The van der Waals surface area contributed by atoms with Crippen LogP contribution in [0.1, 0.15) is 24.5 Å². The number of benzene rings is 1. The lowest BCUT2D eigenvalue weighted by atomic mass is 9.96. The van der Waals surface area contributed by atoms with Crippen molar-refractivity contribution in [2.75, 3.05) is 26.1 Å². The van der Waals surface area contributed by atoms with Gasteiger partial charge < -0.3 is 9.74 Å². The second kappa shape index (κ2) is 5.74. The van der Waals surface area contributed by atoms with Crippen LogP contribution in [-0.4, -0.2) is 27.4 Å². The molecule has 2 rings (SSSR count). The zero-order valence-electron chi connectivity index (χ0n) is 12.0. The van der Waals surface area contributed by atoms with Gasteiger partial charge in [0.25, 0.3) is 0 Å². The first-order valence-electron chi connectivity index (χ1n) is 6.38. The summed E-state index contributed by atoms with van der Waals surface area (Å²) in [5, 5.41) is 3.91. The lowest BCUT2D eigenvalue weighted by Gasteiger charge is -2.16. The van der Waals surface area contributed by atoms with Crippen molar-refractivity contribution in [1.29, 1.82) is 0 Å². The molecule has 1 aliphatic carbocycles. The summed E-state index contributed by atoms with van der Waals surface area (Å²) >= 11 is 0. The van der Waals surface area contributed by atoms with E-state index in [-0.39, 0.29) is 0 Å². The van der Waals surface area contributed by atoms with E-state index in [1.807, 2.05) is 14.1 Å². The highest BCUT2D eigenvalue weighted by molar-refractivity contribution is 5.91. The molecule has 100 valence electrons. The second-order valence-electron chi connectivity index (χ2n) is 4.85. The van der Waals surface area contributed by atoms with Gasteiger partial charge >= 0.3 is 0 Å². The van der Waals surface area contributed by atoms with Gasteiger partial charge in [0.2, 0.25) is 0 Å². The fraction of sp³-hybridized carbons (Fsp3) is 0.312. The van der Waals surface area contributed by atoms with Gasteiger partial charge in [-0.3, -0.25) is 0 Å². The average molecular weight is 256 g/mol. The molecule has 0 aromatic heterocycles. The smallest absolute Gasteiger partial charge is 0.106 e. The Labute approximate surface area is 114 Å². The van der Waals surface area contributed by atoms with E-state index < -0.39 is 0 Å². The molecule has 0 bridgehead atoms. The summed E-state index contributed by atoms with van der Waals surface area (Å²) in [6.07, 6.45) is 7.14. The van der Waals surface area contributed by atoms with E-state index >= 15 is 0 Å². The zero-order valence-corrected chi connectivity index (χ0v) is 12.0. The highest BCUT2D eigenvalue weighted by atomic mass is 16.6. The van der Waals surface area contributed by atoms with Crippen LogP contribution in [0, 0.1) is 0 Å². The molecule has 0 heterocycles. The number of allylic oxidation sites excluding steroid dienone is 4. The summed E-state index contributed by atoms with van der Waals surface area (Å²) in [5.41, 5.74) is 6.16. The van der Waals surface area contributed by atoms with Crippen molar-refractivity contribution < 1.29 is 4.84 Å². The van der Waals surface area contributed by atoms with Crippen LogP contribution < -0.4 is 4.90 Å². The van der Waals surface area contributed by atoms with Gasteiger partial charge in [-0.1, -0.05) is 23.4 Å². The highest BCUT2D eigenvalue weighted by Gasteiger charge is 2.12. The topological polar surface area (TPSA) is 24.8 Å². The molecular weight excluding hydrogens is 236 g/mol. The molecule has 0 unspecified atom stereocenters. The maximum absolute atomic E-state index is 4.81. The zero-order chi connectivity index (χ0) is 13.8. The van der Waals surface area contributed by atoms with Gasteiger partial charge in [-0.05, 0) is 42.2 Å². The number of rotatable bonds is 4. The Bertz CT molecular complexity index is 554. The van der Waals surface area contributed by atoms with Crippen molar-refractivity contribution in [2.45, 2.75) is 13.3 Å². The molecule has 0 spiro atoms. The largest absolute Gasteiger partial charge is 0.399 e. The minimum absolute atomic E-state index is 0.987. The van der Waals surface area contributed by atoms with Crippen molar-refractivity contribution in [3.05, 3.63) is 47.1 Å². The van der Waals surface area contributed by atoms with Crippen LogP contribution in [0.3, 0.4) is 0 Å². The number of nitrogens with zero attached hydrogens (tertiary/aromatic N) is 2. The molecule has 0 radical (unpaired) electrons. The van der Waals surface area contributed by atoms with Crippen LogP contribution in [0.5, 0.6) is 0 Å². The van der Waals surface area contributed by atoms with Gasteiger partial charge in [0, 0.05) is 25.3 Å². The van der Waals surface area contributed by atoms with E-state index in [9.17, 15) is 0 Å². The Morgan fingerprint density at radius 2 is 2.11 bits per heavy atom. The first-order valence-corrected chi connectivity index (χ1v) is 6.38. The Balaban J connectivity index is 2.48. The van der Waals surface area contributed by atoms with Gasteiger partial charge in [0.05, 0.1) is 6.21 Å². The molecule has 1 aromatic carbocycles. The monoisotopic (exact) mass is 256 g/mol. The van der Waals surface area contributed by atoms with Gasteiger partial charge in [-0.15, -0.1) is 0 Å². The van der Waals surface area contributed by atoms with Crippen LogP contribution in [0.15, 0.2) is 41.1 Å². The van der Waals surface area contributed by atoms with Gasteiger partial charge in [0.15, 0.2) is 0 Å². The molecule has 0 amide bonds. The number of anilines is 1. The molecule has 0 aliphatic heterocycles. The second-order valence-corrected chi connectivity index (χ2v) is 4.85. The minimum Gasteiger partial charge on any atom is -0.399 e. The molecule has 3 heteroatoms. The van der Waals surface area contributed by atoms with E-state index in [1.165, 1.54) is 16.7 Å². The predicted molar refractivity (Wildman–Crippen MR) is 81.7 cm³/mol. The average Bonchev–Trinajstić information content (AvgIpc) is 2.82. The quantitative estimate of drug-likeness (QED) is 0.608. The standard InChI is InChI=1S/C16H20N2O/c1-12-6-5-7-15(12)16-9-8-14(18(2)3)10-13(16)11-17-19-4/h5-6,8-11H,7H2,1-4H3. The maximum atomic E-state index is 4.81. The van der Waals surface area contributed by atoms with E-state index in [1.54, 1.807) is 13.3 Å². The summed E-state index contributed by atoms with van der Waals surface area (Å²) in [4.78, 5) is 6.90. The predicted octanol–water partition coefficient (Wildman–Crippen LogP) is 3.47. The van der Waals surface area contributed by atoms with Crippen LogP contribution >= 0.6 is 0 Å². The third-order valence-electron chi connectivity index (χ3n) is 3.34. The Kier molecular flexibility index (Phi) is 4.05. The third kappa shape index (κ3) is 2.87. The van der Waals surface area contributed by atoms with Gasteiger partial charge in [0.1, 0.15) is 7.11 Å². The fourth-order valence-electron chi connectivity index (χ4n) is 2.26. The van der Waals surface area contributed by atoms with E-state index in [0.717, 1.165) is 17.7 Å². The molecule has 19 heavy (non-hydrogen) atoms. The van der Waals surface area contributed by atoms with E-state index in [4.69, 9.17) is 4.84 Å². The molecule has 1 aromatic rings. The highest BCUT2D eigenvalue weighted by Crippen LogP contribution is 2.32. The van der Waals surface area contributed by atoms with Crippen LogP contribution in [0.2, 0.25) is 0 Å². The normalized spacial score (nSPS) is 14.5. The van der Waals surface area contributed by atoms with Crippen molar-refractivity contribution in [1.82, 2.24) is 0 Å². The Hall–Kier alpha value is -2.03. The van der Waals surface area contributed by atoms with Crippen molar-refractivity contribution in [3.8, 4) is 0 Å². The van der Waals surface area contributed by atoms with E-state index in [0.29, 0.717) is 0 Å². The van der Waals surface area contributed by atoms with Crippen LogP contribution in [0.4, 0.5) is 5.69 Å². The number of hydrogen-bond acceptors (Lipinski definition) is 3. The third-order valence-corrected chi connectivity index (χ3v) is 3.34. The summed E-state index contributed by atoms with van der Waals surface area (Å²) in [5.74, 6) is 0. The van der Waals surface area contributed by atoms with Crippen LogP contribution in [-0.2, 0) is 4.84 Å². The Morgan fingerprint density at radius 1 is 1.32 bits per heavy atom. The van der Waals surface area contributed by atoms with E-state index in [2.05, 4.69) is 47.3 Å². The molecular formula is C16H20N2O. The summed E-state index contributed by atoms with van der Waals surface area (Å²) in [7, 11) is 5.63. The lowest BCUT2D eigenvalue weighted by Crippen LogP contribution is -2.09. The molecule has 0 saturated carbocycles. The molecule has 0 fully saturated rings.